The zero-order chi connectivity index (χ0) is 14.4. The minimum Gasteiger partial charge on any atom is -0.469 e. The molecule has 1 heterocycles. The summed E-state index contributed by atoms with van der Waals surface area (Å²) >= 11 is 0. The van der Waals surface area contributed by atoms with E-state index >= 15 is 0 Å². The molecule has 0 aromatic carbocycles. The number of methoxy groups -OCH3 is 1. The Morgan fingerprint density at radius 3 is 2.70 bits per heavy atom. The van der Waals surface area contributed by atoms with Gasteiger partial charge in [-0.15, -0.1) is 0 Å². The number of ether oxygens (including phenoxy) is 2. The van der Waals surface area contributed by atoms with Crippen LogP contribution in [0.3, 0.4) is 0 Å². The smallest absolute Gasteiger partial charge is 0.305 e. The summed E-state index contributed by atoms with van der Waals surface area (Å²) in [5, 5.41) is 0. The molecule has 20 heavy (non-hydrogen) atoms. The van der Waals surface area contributed by atoms with Crippen LogP contribution in [-0.2, 0) is 14.3 Å². The number of unbranched alkanes of at least 4 members (excludes halogenated alkanes) is 2. The number of carbonyl (C=O) groups excluding carboxylic acids is 1. The van der Waals surface area contributed by atoms with Crippen molar-refractivity contribution in [2.24, 2.45) is 5.92 Å². The first-order valence-corrected chi connectivity index (χ1v) is 8.45. The first-order valence-electron chi connectivity index (χ1n) is 8.45. The SMILES string of the molecule is CCCCC[C@H]1CCC[C@@]2(CCC[C@H]2CC(=O)OC)O1. The van der Waals surface area contributed by atoms with Crippen LogP contribution in [-0.4, -0.2) is 24.8 Å². The Morgan fingerprint density at radius 2 is 2.00 bits per heavy atom. The molecule has 0 bridgehead atoms. The van der Waals surface area contributed by atoms with Crippen LogP contribution in [0.1, 0.15) is 77.6 Å². The molecule has 116 valence electrons. The topological polar surface area (TPSA) is 35.5 Å². The fourth-order valence-corrected chi connectivity index (χ4v) is 4.08. The van der Waals surface area contributed by atoms with E-state index in [1.54, 1.807) is 0 Å². The van der Waals surface area contributed by atoms with Gasteiger partial charge in [0, 0.05) is 0 Å². The Hall–Kier alpha value is -0.570. The lowest BCUT2D eigenvalue weighted by Gasteiger charge is -2.43. The van der Waals surface area contributed by atoms with Crippen molar-refractivity contribution in [3.63, 3.8) is 0 Å². The molecule has 0 aromatic heterocycles. The third-order valence-electron chi connectivity index (χ3n) is 5.19. The molecule has 1 spiro atoms. The Kier molecular flexibility index (Phi) is 5.88. The van der Waals surface area contributed by atoms with Crippen molar-refractivity contribution in [3.8, 4) is 0 Å². The maximum Gasteiger partial charge on any atom is 0.305 e. The molecule has 1 aliphatic heterocycles. The van der Waals surface area contributed by atoms with Gasteiger partial charge in [0.1, 0.15) is 0 Å². The van der Waals surface area contributed by atoms with Crippen LogP contribution in [0.5, 0.6) is 0 Å². The first kappa shape index (κ1) is 15.8. The van der Waals surface area contributed by atoms with Gasteiger partial charge in [-0.1, -0.05) is 32.6 Å². The molecule has 0 N–H and O–H groups in total. The predicted octanol–water partition coefficient (Wildman–Crippen LogP) is 4.24. The highest BCUT2D eigenvalue weighted by molar-refractivity contribution is 5.69. The summed E-state index contributed by atoms with van der Waals surface area (Å²) < 4.78 is 11.4. The van der Waals surface area contributed by atoms with Crippen LogP contribution in [0, 0.1) is 5.92 Å². The highest BCUT2D eigenvalue weighted by Crippen LogP contribution is 2.48. The third-order valence-corrected chi connectivity index (χ3v) is 5.19. The Balaban J connectivity index is 1.92. The third kappa shape index (κ3) is 3.75. The summed E-state index contributed by atoms with van der Waals surface area (Å²) in [6, 6.07) is 0. The van der Waals surface area contributed by atoms with Gasteiger partial charge in [0.05, 0.1) is 25.2 Å². The molecule has 0 amide bonds. The van der Waals surface area contributed by atoms with Crippen LogP contribution in [0.15, 0.2) is 0 Å². The number of rotatable bonds is 6. The summed E-state index contributed by atoms with van der Waals surface area (Å²) in [4.78, 5) is 11.6. The molecule has 1 aliphatic carbocycles. The maximum absolute atomic E-state index is 11.6. The second-order valence-electron chi connectivity index (χ2n) is 6.56. The molecular formula is C17H30O3. The van der Waals surface area contributed by atoms with E-state index < -0.39 is 0 Å². The second-order valence-corrected chi connectivity index (χ2v) is 6.56. The summed E-state index contributed by atoms with van der Waals surface area (Å²) in [7, 11) is 1.49. The van der Waals surface area contributed by atoms with Crippen molar-refractivity contribution in [1.29, 1.82) is 0 Å². The summed E-state index contributed by atoms with van der Waals surface area (Å²) in [5.41, 5.74) is -0.0106. The molecule has 3 heteroatoms. The normalized spacial score (nSPS) is 33.5. The minimum absolute atomic E-state index is 0.0106. The molecule has 1 saturated heterocycles. The highest BCUT2D eigenvalue weighted by atomic mass is 16.5. The quantitative estimate of drug-likeness (QED) is 0.540. The minimum atomic E-state index is -0.0759. The molecule has 3 atom stereocenters. The van der Waals surface area contributed by atoms with Crippen molar-refractivity contribution < 1.29 is 14.3 Å². The zero-order valence-corrected chi connectivity index (χ0v) is 13.2. The molecule has 0 radical (unpaired) electrons. The Morgan fingerprint density at radius 1 is 1.25 bits per heavy atom. The molecule has 3 nitrogen and oxygen atoms in total. The Labute approximate surface area is 123 Å². The molecule has 1 saturated carbocycles. The fourth-order valence-electron chi connectivity index (χ4n) is 4.08. The van der Waals surface area contributed by atoms with Gasteiger partial charge in [-0.05, 0) is 44.4 Å². The average Bonchev–Trinajstić information content (AvgIpc) is 2.81. The lowest BCUT2D eigenvalue weighted by atomic mass is 9.80. The van der Waals surface area contributed by atoms with E-state index in [1.807, 2.05) is 0 Å². The maximum atomic E-state index is 11.6. The van der Waals surface area contributed by atoms with Crippen molar-refractivity contribution in [2.45, 2.75) is 89.3 Å². The van der Waals surface area contributed by atoms with Crippen LogP contribution in [0.25, 0.3) is 0 Å². The molecule has 2 fully saturated rings. The number of carbonyl (C=O) groups is 1. The molecule has 2 aliphatic rings. The van der Waals surface area contributed by atoms with Gasteiger partial charge < -0.3 is 9.47 Å². The number of esters is 1. The number of hydrogen-bond acceptors (Lipinski definition) is 3. The van der Waals surface area contributed by atoms with Crippen molar-refractivity contribution in [2.75, 3.05) is 7.11 Å². The standard InChI is InChI=1S/C17H30O3/c1-3-4-5-9-15-10-7-12-17(20-15)11-6-8-14(17)13-16(18)19-2/h14-15H,3-13H2,1-2H3/t14-,15-,17+/m0/s1. The van der Waals surface area contributed by atoms with Crippen molar-refractivity contribution in [3.05, 3.63) is 0 Å². The highest BCUT2D eigenvalue weighted by Gasteiger charge is 2.47. The zero-order valence-electron chi connectivity index (χ0n) is 13.2. The van der Waals surface area contributed by atoms with E-state index in [9.17, 15) is 4.79 Å². The lowest BCUT2D eigenvalue weighted by molar-refractivity contribution is -0.162. The van der Waals surface area contributed by atoms with E-state index in [0.717, 1.165) is 19.3 Å². The van der Waals surface area contributed by atoms with E-state index in [-0.39, 0.29) is 11.6 Å². The molecule has 0 unspecified atom stereocenters. The van der Waals surface area contributed by atoms with Crippen LogP contribution in [0.4, 0.5) is 0 Å². The molecular weight excluding hydrogens is 252 g/mol. The van der Waals surface area contributed by atoms with Gasteiger partial charge in [-0.3, -0.25) is 4.79 Å². The van der Waals surface area contributed by atoms with Crippen molar-refractivity contribution in [1.82, 2.24) is 0 Å². The van der Waals surface area contributed by atoms with Crippen LogP contribution >= 0.6 is 0 Å². The predicted molar refractivity (Wildman–Crippen MR) is 79.6 cm³/mol. The summed E-state index contributed by atoms with van der Waals surface area (Å²) in [6.45, 7) is 2.24. The monoisotopic (exact) mass is 282 g/mol. The summed E-state index contributed by atoms with van der Waals surface area (Å²) in [6.07, 6.45) is 13.1. The largest absolute Gasteiger partial charge is 0.469 e. The van der Waals surface area contributed by atoms with Gasteiger partial charge >= 0.3 is 5.97 Å². The first-order chi connectivity index (χ1) is 9.70. The van der Waals surface area contributed by atoms with Gasteiger partial charge in [-0.25, -0.2) is 0 Å². The van der Waals surface area contributed by atoms with Gasteiger partial charge in [0.2, 0.25) is 0 Å². The number of hydrogen-bond donors (Lipinski definition) is 0. The average molecular weight is 282 g/mol. The van der Waals surface area contributed by atoms with E-state index in [4.69, 9.17) is 9.47 Å². The summed E-state index contributed by atoms with van der Waals surface area (Å²) in [5.74, 6) is 0.303. The lowest BCUT2D eigenvalue weighted by Crippen LogP contribution is -2.44. The van der Waals surface area contributed by atoms with Crippen molar-refractivity contribution >= 4 is 5.97 Å². The Bertz CT molecular complexity index is 315. The molecule has 2 rings (SSSR count). The fraction of sp³-hybridized carbons (Fsp3) is 0.941. The van der Waals surface area contributed by atoms with E-state index in [0.29, 0.717) is 18.4 Å². The second kappa shape index (κ2) is 7.44. The van der Waals surface area contributed by atoms with E-state index in [1.165, 1.54) is 52.1 Å². The van der Waals surface area contributed by atoms with Crippen LogP contribution in [0.2, 0.25) is 0 Å². The molecule has 0 aromatic rings. The van der Waals surface area contributed by atoms with Gasteiger partial charge in [0.15, 0.2) is 0 Å². The van der Waals surface area contributed by atoms with E-state index in [2.05, 4.69) is 6.92 Å². The van der Waals surface area contributed by atoms with Gasteiger partial charge in [0.25, 0.3) is 0 Å². The van der Waals surface area contributed by atoms with Gasteiger partial charge in [-0.2, -0.15) is 0 Å². The van der Waals surface area contributed by atoms with Crippen LogP contribution < -0.4 is 0 Å².